The maximum atomic E-state index is 5.84. The molecule has 0 nitrogen and oxygen atoms in total. The highest BCUT2D eigenvalue weighted by atomic mass is 35.5. The van der Waals surface area contributed by atoms with Crippen molar-refractivity contribution < 1.29 is 0 Å². The molecule has 0 aromatic heterocycles. The van der Waals surface area contributed by atoms with Crippen molar-refractivity contribution in [2.24, 2.45) is 0 Å². The summed E-state index contributed by atoms with van der Waals surface area (Å²) >= 11 is 11.7. The minimum Gasteiger partial charge on any atom is -0.121 e. The van der Waals surface area contributed by atoms with E-state index in [0.29, 0.717) is 0 Å². The number of rotatable bonds is 0. The van der Waals surface area contributed by atoms with Crippen molar-refractivity contribution in [2.75, 3.05) is 0 Å². The van der Waals surface area contributed by atoms with Crippen molar-refractivity contribution in [1.29, 1.82) is 0 Å². The van der Waals surface area contributed by atoms with Crippen molar-refractivity contribution in [2.45, 2.75) is 36.4 Å². The van der Waals surface area contributed by atoms with E-state index in [4.69, 9.17) is 23.2 Å². The van der Waals surface area contributed by atoms with Gasteiger partial charge in [0, 0.05) is 10.8 Å². The quantitative estimate of drug-likeness (QED) is 0.469. The molecule has 1 aliphatic rings. The molecule has 0 aromatic carbocycles. The van der Waals surface area contributed by atoms with E-state index in [1.165, 1.54) is 12.8 Å². The molecular weight excluding hydrogens is 143 g/mol. The van der Waals surface area contributed by atoms with Gasteiger partial charge >= 0.3 is 0 Å². The molecule has 0 radical (unpaired) electrons. The lowest BCUT2D eigenvalue weighted by Crippen LogP contribution is -2.19. The van der Waals surface area contributed by atoms with Crippen LogP contribution in [-0.4, -0.2) is 10.8 Å². The lowest BCUT2D eigenvalue weighted by molar-refractivity contribution is 0.517. The van der Waals surface area contributed by atoms with Crippen molar-refractivity contribution >= 4 is 23.2 Å². The molecule has 8 heavy (non-hydrogen) atoms. The molecule has 1 aliphatic carbocycles. The summed E-state index contributed by atoms with van der Waals surface area (Å²) in [6.45, 7) is 0. The van der Waals surface area contributed by atoms with Gasteiger partial charge in [-0.25, -0.2) is 0 Å². The van der Waals surface area contributed by atoms with E-state index in [9.17, 15) is 0 Å². The Morgan fingerprint density at radius 1 is 0.875 bits per heavy atom. The lowest BCUT2D eigenvalue weighted by atomic mass is 10.00. The van der Waals surface area contributed by atoms with Crippen LogP contribution < -0.4 is 0 Å². The number of hydrogen-bond donors (Lipinski definition) is 0. The molecule has 0 heterocycles. The summed E-state index contributed by atoms with van der Waals surface area (Å²) in [6.07, 6.45) is 4.74. The Morgan fingerprint density at radius 2 is 1.25 bits per heavy atom. The summed E-state index contributed by atoms with van der Waals surface area (Å²) < 4.78 is 0. The molecule has 1 fully saturated rings. The molecule has 48 valence electrons. The molecule has 0 aliphatic heterocycles. The third kappa shape index (κ3) is 1.53. The van der Waals surface area contributed by atoms with Crippen LogP contribution in [0.15, 0.2) is 0 Å². The molecule has 0 amide bonds. The van der Waals surface area contributed by atoms with Gasteiger partial charge < -0.3 is 0 Å². The molecule has 0 bridgehead atoms. The summed E-state index contributed by atoms with van der Waals surface area (Å²) in [4.78, 5) is 0. The largest absolute Gasteiger partial charge is 0.121 e. The van der Waals surface area contributed by atoms with Crippen molar-refractivity contribution in [3.05, 3.63) is 0 Å². The van der Waals surface area contributed by atoms with Crippen LogP contribution in [0.5, 0.6) is 0 Å². The van der Waals surface area contributed by atoms with Crippen LogP contribution >= 0.6 is 23.2 Å². The van der Waals surface area contributed by atoms with E-state index in [2.05, 4.69) is 0 Å². The van der Waals surface area contributed by atoms with Gasteiger partial charge in [0.05, 0.1) is 0 Å². The van der Waals surface area contributed by atoms with Crippen LogP contribution in [0.2, 0.25) is 0 Å². The first kappa shape index (κ1) is 6.70. The third-order valence-corrected chi connectivity index (χ3v) is 2.78. The summed E-state index contributed by atoms with van der Waals surface area (Å²) in [5.74, 6) is 0. The fraction of sp³-hybridized carbons (Fsp3) is 1.00. The maximum Gasteiger partial charge on any atom is 0.0499 e. The lowest BCUT2D eigenvalue weighted by Gasteiger charge is -2.20. The molecule has 0 aromatic rings. The molecule has 2 atom stereocenters. The van der Waals surface area contributed by atoms with E-state index in [1.54, 1.807) is 0 Å². The van der Waals surface area contributed by atoms with Gasteiger partial charge in [-0.2, -0.15) is 0 Å². The average Bonchev–Trinajstić information content (AvgIpc) is 1.77. The van der Waals surface area contributed by atoms with Crippen LogP contribution in [0.1, 0.15) is 25.7 Å². The molecular formula is C6H10Cl2. The molecule has 1 rings (SSSR count). The molecule has 1 saturated carbocycles. The molecule has 0 spiro atoms. The highest BCUT2D eigenvalue weighted by Crippen LogP contribution is 2.26. The SMILES string of the molecule is ClC1CCCCC1Cl. The predicted molar refractivity (Wildman–Crippen MR) is 37.8 cm³/mol. The van der Waals surface area contributed by atoms with Crippen molar-refractivity contribution in [3.8, 4) is 0 Å². The smallest absolute Gasteiger partial charge is 0.0499 e. The normalized spacial score (nSPS) is 39.8. The fourth-order valence-electron chi connectivity index (χ4n) is 1.04. The number of halogens is 2. The third-order valence-electron chi connectivity index (χ3n) is 1.60. The maximum absolute atomic E-state index is 5.84. The summed E-state index contributed by atoms with van der Waals surface area (Å²) in [7, 11) is 0. The minimum absolute atomic E-state index is 0.241. The highest BCUT2D eigenvalue weighted by molar-refractivity contribution is 6.30. The molecule has 2 heteroatoms. The van der Waals surface area contributed by atoms with Gasteiger partial charge in [-0.1, -0.05) is 12.8 Å². The van der Waals surface area contributed by atoms with Gasteiger partial charge in [0.1, 0.15) is 0 Å². The Balaban J connectivity index is 2.28. The second kappa shape index (κ2) is 2.93. The summed E-state index contributed by atoms with van der Waals surface area (Å²) in [5, 5.41) is 0.482. The Bertz CT molecular complexity index is 62.9. The van der Waals surface area contributed by atoms with Gasteiger partial charge in [-0.15, -0.1) is 23.2 Å². The van der Waals surface area contributed by atoms with E-state index in [0.717, 1.165) is 12.8 Å². The Kier molecular flexibility index (Phi) is 2.45. The van der Waals surface area contributed by atoms with E-state index in [-0.39, 0.29) is 10.8 Å². The summed E-state index contributed by atoms with van der Waals surface area (Å²) in [6, 6.07) is 0. The van der Waals surface area contributed by atoms with Crippen molar-refractivity contribution in [3.63, 3.8) is 0 Å². The first-order valence-electron chi connectivity index (χ1n) is 3.09. The minimum atomic E-state index is 0.241. The molecule has 0 N–H and O–H groups in total. The molecule has 2 unspecified atom stereocenters. The second-order valence-electron chi connectivity index (χ2n) is 2.32. The van der Waals surface area contributed by atoms with Gasteiger partial charge in [-0.3, -0.25) is 0 Å². The summed E-state index contributed by atoms with van der Waals surface area (Å²) in [5.41, 5.74) is 0. The Hall–Kier alpha value is 0.580. The van der Waals surface area contributed by atoms with Crippen LogP contribution in [0.3, 0.4) is 0 Å². The van der Waals surface area contributed by atoms with Gasteiger partial charge in [0.25, 0.3) is 0 Å². The number of alkyl halides is 2. The van der Waals surface area contributed by atoms with Crippen LogP contribution in [-0.2, 0) is 0 Å². The van der Waals surface area contributed by atoms with E-state index < -0.39 is 0 Å². The van der Waals surface area contributed by atoms with Crippen LogP contribution in [0.4, 0.5) is 0 Å². The zero-order valence-electron chi connectivity index (χ0n) is 4.74. The highest BCUT2D eigenvalue weighted by Gasteiger charge is 2.19. The molecule has 0 saturated heterocycles. The number of hydrogen-bond acceptors (Lipinski definition) is 0. The van der Waals surface area contributed by atoms with Gasteiger partial charge in [0.15, 0.2) is 0 Å². The van der Waals surface area contributed by atoms with Crippen LogP contribution in [0.25, 0.3) is 0 Å². The standard InChI is InChI=1S/C6H10Cl2/c7-5-3-1-2-4-6(5)8/h5-6H,1-4H2. The monoisotopic (exact) mass is 152 g/mol. The van der Waals surface area contributed by atoms with Crippen LogP contribution in [0, 0.1) is 0 Å². The zero-order valence-corrected chi connectivity index (χ0v) is 6.25. The zero-order chi connectivity index (χ0) is 5.98. The van der Waals surface area contributed by atoms with Crippen molar-refractivity contribution in [1.82, 2.24) is 0 Å². The fourth-order valence-corrected chi connectivity index (χ4v) is 1.60. The van der Waals surface area contributed by atoms with E-state index >= 15 is 0 Å². The Labute approximate surface area is 60.2 Å². The Morgan fingerprint density at radius 3 is 1.50 bits per heavy atom. The predicted octanol–water partition coefficient (Wildman–Crippen LogP) is 2.78. The van der Waals surface area contributed by atoms with Gasteiger partial charge in [-0.05, 0) is 12.8 Å². The second-order valence-corrected chi connectivity index (χ2v) is 3.44. The first-order chi connectivity index (χ1) is 3.80. The van der Waals surface area contributed by atoms with Gasteiger partial charge in [0.2, 0.25) is 0 Å². The van der Waals surface area contributed by atoms with E-state index in [1.807, 2.05) is 0 Å². The average molecular weight is 153 g/mol. The topological polar surface area (TPSA) is 0 Å². The first-order valence-corrected chi connectivity index (χ1v) is 3.96.